The Morgan fingerprint density at radius 1 is 1.25 bits per heavy atom. The summed E-state index contributed by atoms with van der Waals surface area (Å²) in [5.41, 5.74) is 6.94. The number of hydrogen-bond acceptors (Lipinski definition) is 1. The Bertz CT molecular complexity index is 217. The highest BCUT2D eigenvalue weighted by molar-refractivity contribution is 14.1. The third kappa shape index (κ3) is 3.12. The van der Waals surface area contributed by atoms with Crippen molar-refractivity contribution >= 4 is 22.6 Å². The highest BCUT2D eigenvalue weighted by Gasteiger charge is 2.49. The van der Waals surface area contributed by atoms with Gasteiger partial charge in [0.2, 0.25) is 0 Å². The Morgan fingerprint density at radius 3 is 2.38 bits per heavy atom. The molecule has 0 aliphatic heterocycles. The maximum atomic E-state index is 6.24. The molecule has 1 nitrogen and oxygen atoms in total. The second kappa shape index (κ2) is 5.55. The van der Waals surface area contributed by atoms with Crippen molar-refractivity contribution in [3.8, 4) is 0 Å². The smallest absolute Gasteiger partial charge is 0.0110 e. The molecule has 0 amide bonds. The molecule has 2 heteroatoms. The van der Waals surface area contributed by atoms with Gasteiger partial charge < -0.3 is 5.73 Å². The Balaban J connectivity index is 1.83. The quantitative estimate of drug-likeness (QED) is 0.589. The molecule has 0 aromatic carbocycles. The van der Waals surface area contributed by atoms with Gasteiger partial charge in [-0.15, -0.1) is 0 Å². The molecule has 1 atom stereocenters. The molecular formula is C14H26IN. The van der Waals surface area contributed by atoms with E-state index in [-0.39, 0.29) is 0 Å². The van der Waals surface area contributed by atoms with Crippen molar-refractivity contribution in [3.05, 3.63) is 0 Å². The number of hydrogen-bond donors (Lipinski definition) is 1. The third-order valence-electron chi connectivity index (χ3n) is 4.74. The third-order valence-corrected chi connectivity index (χ3v) is 5.99. The van der Waals surface area contributed by atoms with Crippen LogP contribution in [0.25, 0.3) is 0 Å². The van der Waals surface area contributed by atoms with Gasteiger partial charge in [-0.3, -0.25) is 0 Å². The molecule has 2 aliphatic rings. The normalized spacial score (nSPS) is 34.7. The van der Waals surface area contributed by atoms with E-state index in [1.54, 1.807) is 0 Å². The van der Waals surface area contributed by atoms with Gasteiger partial charge in [-0.05, 0) is 62.7 Å². The summed E-state index contributed by atoms with van der Waals surface area (Å²) in [7, 11) is 0. The van der Waals surface area contributed by atoms with Gasteiger partial charge in [-0.1, -0.05) is 35.9 Å². The SMILES string of the molecule is CCCC(N)CC1(C2CCC(I)CC2)CC1. The molecule has 2 N–H and O–H groups in total. The lowest BCUT2D eigenvalue weighted by molar-refractivity contribution is 0.206. The zero-order valence-electron chi connectivity index (χ0n) is 10.6. The van der Waals surface area contributed by atoms with Crippen LogP contribution in [0.2, 0.25) is 0 Å². The van der Waals surface area contributed by atoms with Crippen molar-refractivity contribution in [1.29, 1.82) is 0 Å². The molecular weight excluding hydrogens is 309 g/mol. The standard InChI is InChI=1S/C14H26IN/c1-2-3-13(16)10-14(8-9-14)11-4-6-12(15)7-5-11/h11-13H,2-10,16H2,1H3. The molecule has 2 fully saturated rings. The monoisotopic (exact) mass is 335 g/mol. The van der Waals surface area contributed by atoms with Crippen molar-refractivity contribution < 1.29 is 0 Å². The highest BCUT2D eigenvalue weighted by Crippen LogP contribution is 2.59. The summed E-state index contributed by atoms with van der Waals surface area (Å²) in [4.78, 5) is 0. The first-order valence-corrected chi connectivity index (χ1v) is 8.30. The first-order chi connectivity index (χ1) is 7.66. The van der Waals surface area contributed by atoms with Gasteiger partial charge >= 0.3 is 0 Å². The summed E-state index contributed by atoms with van der Waals surface area (Å²) < 4.78 is 0.953. The molecule has 2 saturated carbocycles. The number of nitrogens with two attached hydrogens (primary N) is 1. The van der Waals surface area contributed by atoms with Gasteiger partial charge in [-0.25, -0.2) is 0 Å². The van der Waals surface area contributed by atoms with E-state index in [0.717, 1.165) is 9.84 Å². The van der Waals surface area contributed by atoms with E-state index in [0.29, 0.717) is 11.5 Å². The maximum absolute atomic E-state index is 6.24. The van der Waals surface area contributed by atoms with E-state index in [1.165, 1.54) is 57.8 Å². The van der Waals surface area contributed by atoms with Crippen LogP contribution in [0.3, 0.4) is 0 Å². The highest BCUT2D eigenvalue weighted by atomic mass is 127. The second-order valence-corrected chi connectivity index (χ2v) is 7.83. The molecule has 2 aliphatic carbocycles. The topological polar surface area (TPSA) is 26.0 Å². The maximum Gasteiger partial charge on any atom is 0.0110 e. The van der Waals surface area contributed by atoms with Gasteiger partial charge in [0.15, 0.2) is 0 Å². The van der Waals surface area contributed by atoms with Crippen molar-refractivity contribution in [2.24, 2.45) is 17.1 Å². The van der Waals surface area contributed by atoms with E-state index in [1.807, 2.05) is 0 Å². The van der Waals surface area contributed by atoms with Crippen LogP contribution in [0.1, 0.15) is 64.7 Å². The van der Waals surface area contributed by atoms with E-state index in [4.69, 9.17) is 5.73 Å². The molecule has 0 spiro atoms. The molecule has 0 aromatic heterocycles. The molecule has 0 bridgehead atoms. The minimum Gasteiger partial charge on any atom is -0.328 e. The molecule has 0 radical (unpaired) electrons. The van der Waals surface area contributed by atoms with Crippen molar-refractivity contribution in [3.63, 3.8) is 0 Å². The molecule has 16 heavy (non-hydrogen) atoms. The van der Waals surface area contributed by atoms with Gasteiger partial charge in [0.05, 0.1) is 0 Å². The van der Waals surface area contributed by atoms with Gasteiger partial charge in [0, 0.05) is 9.97 Å². The summed E-state index contributed by atoms with van der Waals surface area (Å²) in [5, 5.41) is 0. The molecule has 94 valence electrons. The van der Waals surface area contributed by atoms with E-state index in [2.05, 4.69) is 29.5 Å². The minimum absolute atomic E-state index is 0.477. The number of alkyl halides is 1. The van der Waals surface area contributed by atoms with Crippen LogP contribution in [0, 0.1) is 11.3 Å². The zero-order valence-corrected chi connectivity index (χ0v) is 12.7. The van der Waals surface area contributed by atoms with E-state index < -0.39 is 0 Å². The predicted molar refractivity (Wildman–Crippen MR) is 78.9 cm³/mol. The van der Waals surface area contributed by atoms with E-state index >= 15 is 0 Å². The molecule has 0 aromatic rings. The number of rotatable bonds is 5. The summed E-state index contributed by atoms with van der Waals surface area (Å²) in [6.07, 6.45) is 12.6. The Hall–Kier alpha value is 0.690. The lowest BCUT2D eigenvalue weighted by Crippen LogP contribution is -2.30. The Morgan fingerprint density at radius 2 is 1.88 bits per heavy atom. The fourth-order valence-electron chi connectivity index (χ4n) is 3.60. The second-order valence-electron chi connectivity index (χ2n) is 6.06. The van der Waals surface area contributed by atoms with Crippen LogP contribution in [-0.2, 0) is 0 Å². The average molecular weight is 335 g/mol. The van der Waals surface area contributed by atoms with Crippen molar-refractivity contribution in [2.75, 3.05) is 0 Å². The lowest BCUT2D eigenvalue weighted by atomic mass is 9.74. The summed E-state index contributed by atoms with van der Waals surface area (Å²) in [6.45, 7) is 2.25. The van der Waals surface area contributed by atoms with Crippen LogP contribution in [-0.4, -0.2) is 9.97 Å². The van der Waals surface area contributed by atoms with Crippen molar-refractivity contribution in [2.45, 2.75) is 74.7 Å². The summed E-state index contributed by atoms with van der Waals surface area (Å²) >= 11 is 2.63. The Kier molecular flexibility index (Phi) is 4.56. The van der Waals surface area contributed by atoms with Crippen molar-refractivity contribution in [1.82, 2.24) is 0 Å². The summed E-state index contributed by atoms with van der Waals surface area (Å²) in [5.74, 6) is 1.02. The van der Waals surface area contributed by atoms with Crippen LogP contribution >= 0.6 is 22.6 Å². The average Bonchev–Trinajstić information content (AvgIpc) is 3.00. The van der Waals surface area contributed by atoms with Gasteiger partial charge in [-0.2, -0.15) is 0 Å². The van der Waals surface area contributed by atoms with Gasteiger partial charge in [0.1, 0.15) is 0 Å². The Labute approximate surface area is 114 Å². The van der Waals surface area contributed by atoms with Gasteiger partial charge in [0.25, 0.3) is 0 Å². The zero-order chi connectivity index (χ0) is 11.6. The summed E-state index contributed by atoms with van der Waals surface area (Å²) in [6, 6.07) is 0.477. The predicted octanol–water partition coefficient (Wildman–Crippen LogP) is 4.28. The first-order valence-electron chi connectivity index (χ1n) is 7.06. The number of halogens is 1. The van der Waals surface area contributed by atoms with Crippen LogP contribution in [0.5, 0.6) is 0 Å². The first kappa shape index (κ1) is 13.1. The fourth-order valence-corrected chi connectivity index (χ4v) is 4.32. The molecule has 0 saturated heterocycles. The van der Waals surface area contributed by atoms with E-state index in [9.17, 15) is 0 Å². The minimum atomic E-state index is 0.477. The van der Waals surface area contributed by atoms with Crippen LogP contribution < -0.4 is 5.73 Å². The lowest BCUT2D eigenvalue weighted by Gasteiger charge is -2.34. The van der Waals surface area contributed by atoms with Crippen LogP contribution in [0.4, 0.5) is 0 Å². The molecule has 1 unspecified atom stereocenters. The largest absolute Gasteiger partial charge is 0.328 e. The molecule has 2 rings (SSSR count). The van der Waals surface area contributed by atoms with Crippen LogP contribution in [0.15, 0.2) is 0 Å². The fraction of sp³-hybridized carbons (Fsp3) is 1.00. The molecule has 0 heterocycles.